The molecule has 4 rings (SSSR count). The van der Waals surface area contributed by atoms with Crippen molar-refractivity contribution in [3.8, 4) is 0 Å². The summed E-state index contributed by atoms with van der Waals surface area (Å²) in [5.74, 6) is 0.498. The Morgan fingerprint density at radius 2 is 1.79 bits per heavy atom. The van der Waals surface area contributed by atoms with Crippen molar-refractivity contribution in [3.63, 3.8) is 0 Å². The van der Waals surface area contributed by atoms with Gasteiger partial charge in [-0.15, -0.1) is 5.10 Å². The molecule has 10 nitrogen and oxygen atoms in total. The monoisotopic (exact) mass is 472 g/mol. The summed E-state index contributed by atoms with van der Waals surface area (Å²) in [4.78, 5) is 16.8. The first-order valence-electron chi connectivity index (χ1n) is 10.9. The van der Waals surface area contributed by atoms with Gasteiger partial charge in [0.2, 0.25) is 0 Å². The second kappa shape index (κ2) is 9.44. The van der Waals surface area contributed by atoms with E-state index in [1.54, 1.807) is 41.3 Å². The predicted octanol–water partition coefficient (Wildman–Crippen LogP) is 2.16. The third-order valence-corrected chi connectivity index (χ3v) is 7.43. The summed E-state index contributed by atoms with van der Waals surface area (Å²) in [7, 11) is -3.62. The molecule has 11 heteroatoms. The summed E-state index contributed by atoms with van der Waals surface area (Å²) < 4.78 is 32.6. The van der Waals surface area contributed by atoms with Gasteiger partial charge in [0, 0.05) is 26.2 Å². The van der Waals surface area contributed by atoms with Crippen molar-refractivity contribution < 1.29 is 17.6 Å². The molecule has 0 unspecified atom stereocenters. The normalized spacial score (nSPS) is 16.3. The Morgan fingerprint density at radius 3 is 2.39 bits per heavy atom. The van der Waals surface area contributed by atoms with Crippen LogP contribution in [0.25, 0.3) is 0 Å². The minimum atomic E-state index is -3.62. The molecule has 1 atom stereocenters. The van der Waals surface area contributed by atoms with E-state index in [1.807, 2.05) is 6.92 Å². The smallest absolute Gasteiger partial charge is 0.289 e. The Labute approximate surface area is 193 Å². The second-order valence-electron chi connectivity index (χ2n) is 8.59. The lowest BCUT2D eigenvalue weighted by atomic mass is 10.0. The van der Waals surface area contributed by atoms with Gasteiger partial charge in [0.25, 0.3) is 5.91 Å². The van der Waals surface area contributed by atoms with Crippen LogP contribution in [0, 0.1) is 12.8 Å². The molecule has 1 fully saturated rings. The van der Waals surface area contributed by atoms with Crippen LogP contribution >= 0.6 is 0 Å². The van der Waals surface area contributed by atoms with E-state index in [0.29, 0.717) is 37.8 Å². The third kappa shape index (κ3) is 4.98. The lowest BCUT2D eigenvalue weighted by molar-refractivity contribution is 0.0465. The van der Waals surface area contributed by atoms with Crippen LogP contribution in [-0.2, 0) is 15.7 Å². The van der Waals surface area contributed by atoms with Gasteiger partial charge in [-0.1, -0.05) is 31.5 Å². The van der Waals surface area contributed by atoms with E-state index in [0.717, 1.165) is 5.56 Å². The number of sulfone groups is 1. The number of carbonyl (C=O) groups excluding carboxylic acids is 1. The minimum Gasteiger partial charge on any atom is -0.459 e. The van der Waals surface area contributed by atoms with E-state index in [9.17, 15) is 13.2 Å². The number of rotatable bonds is 7. The molecule has 1 saturated heterocycles. The molecule has 176 valence electrons. The van der Waals surface area contributed by atoms with Crippen molar-refractivity contribution in [3.05, 3.63) is 59.8 Å². The van der Waals surface area contributed by atoms with Crippen molar-refractivity contribution in [2.24, 2.45) is 5.92 Å². The first-order valence-corrected chi connectivity index (χ1v) is 12.5. The van der Waals surface area contributed by atoms with Gasteiger partial charge < -0.3 is 9.32 Å². The number of hydrogen-bond acceptors (Lipinski definition) is 8. The van der Waals surface area contributed by atoms with Gasteiger partial charge in [0.1, 0.15) is 0 Å². The Balaban J connectivity index is 1.50. The molecule has 1 aliphatic heterocycles. The molecule has 1 aromatic carbocycles. The molecule has 0 spiro atoms. The van der Waals surface area contributed by atoms with E-state index in [-0.39, 0.29) is 28.6 Å². The predicted molar refractivity (Wildman–Crippen MR) is 120 cm³/mol. The summed E-state index contributed by atoms with van der Waals surface area (Å²) in [6.07, 6.45) is 1.49. The van der Waals surface area contributed by atoms with Crippen LogP contribution in [0.3, 0.4) is 0 Å². The molecule has 2 aromatic heterocycles. The van der Waals surface area contributed by atoms with Crippen LogP contribution < -0.4 is 0 Å². The third-order valence-electron chi connectivity index (χ3n) is 5.85. The number of aryl methyl sites for hydroxylation is 1. The first-order chi connectivity index (χ1) is 15.8. The highest BCUT2D eigenvalue weighted by molar-refractivity contribution is 7.90. The van der Waals surface area contributed by atoms with Gasteiger partial charge in [0.15, 0.2) is 27.3 Å². The van der Waals surface area contributed by atoms with Crippen molar-refractivity contribution in [1.29, 1.82) is 0 Å². The number of piperazine rings is 1. The molecule has 3 heterocycles. The van der Waals surface area contributed by atoms with Gasteiger partial charge in [-0.3, -0.25) is 9.69 Å². The highest BCUT2D eigenvalue weighted by Gasteiger charge is 2.34. The minimum absolute atomic E-state index is 0.129. The SMILES string of the molecule is Cc1ccc(S(=O)(=O)Cn2nnnc2[C@H](C(C)C)N2CCN(C(=O)c3ccco3)CC2)cc1. The van der Waals surface area contributed by atoms with E-state index in [2.05, 4.69) is 34.3 Å². The largest absolute Gasteiger partial charge is 0.459 e. The zero-order valence-corrected chi connectivity index (χ0v) is 19.8. The lowest BCUT2D eigenvalue weighted by Crippen LogP contribution is -2.50. The molecule has 0 N–H and O–H groups in total. The Bertz CT molecular complexity index is 1180. The molecule has 0 saturated carbocycles. The number of hydrogen-bond donors (Lipinski definition) is 0. The molecule has 0 aliphatic carbocycles. The summed E-state index contributed by atoms with van der Waals surface area (Å²) in [5, 5.41) is 12.0. The Morgan fingerprint density at radius 1 is 1.09 bits per heavy atom. The van der Waals surface area contributed by atoms with Crippen LogP contribution in [0.15, 0.2) is 52.0 Å². The van der Waals surface area contributed by atoms with Gasteiger partial charge in [-0.2, -0.15) is 0 Å². The number of aromatic nitrogens is 4. The zero-order valence-electron chi connectivity index (χ0n) is 19.0. The molecule has 0 radical (unpaired) electrons. The maximum atomic E-state index is 13.0. The molecular formula is C22H28N6O4S. The quantitative estimate of drug-likeness (QED) is 0.514. The Kier molecular flexibility index (Phi) is 6.61. The summed E-state index contributed by atoms with van der Waals surface area (Å²) in [6, 6.07) is 9.92. The van der Waals surface area contributed by atoms with Crippen LogP contribution in [0.4, 0.5) is 0 Å². The van der Waals surface area contributed by atoms with Crippen LogP contribution in [0.5, 0.6) is 0 Å². The molecule has 33 heavy (non-hydrogen) atoms. The maximum absolute atomic E-state index is 13.0. The summed E-state index contributed by atoms with van der Waals surface area (Å²) >= 11 is 0. The maximum Gasteiger partial charge on any atom is 0.289 e. The molecule has 1 aliphatic rings. The number of tetrazole rings is 1. The van der Waals surface area contributed by atoms with Gasteiger partial charge in [-0.05, 0) is 47.5 Å². The number of furan rings is 1. The Hall–Kier alpha value is -3.05. The van der Waals surface area contributed by atoms with Crippen LogP contribution in [0.1, 0.15) is 41.8 Å². The number of amides is 1. The van der Waals surface area contributed by atoms with Gasteiger partial charge in [-0.25, -0.2) is 13.1 Å². The number of carbonyl (C=O) groups is 1. The average Bonchev–Trinajstić information content (AvgIpc) is 3.47. The summed E-state index contributed by atoms with van der Waals surface area (Å²) in [6.45, 7) is 8.32. The second-order valence-corrected chi connectivity index (χ2v) is 10.5. The fourth-order valence-corrected chi connectivity index (χ4v) is 5.34. The van der Waals surface area contributed by atoms with Crippen LogP contribution in [-0.4, -0.2) is 70.5 Å². The fraction of sp³-hybridized carbons (Fsp3) is 0.455. The standard InChI is InChI=1S/C22H28N6O4S/c1-16(2)20(26-10-12-27(13-11-26)22(29)19-5-4-14-32-19)21-23-24-25-28(21)15-33(30,31)18-8-6-17(3)7-9-18/h4-9,14,16,20H,10-13,15H2,1-3H3/t20-/m0/s1. The lowest BCUT2D eigenvalue weighted by Gasteiger charge is -2.39. The summed E-state index contributed by atoms with van der Waals surface area (Å²) in [5.41, 5.74) is 0.988. The zero-order chi connectivity index (χ0) is 23.6. The van der Waals surface area contributed by atoms with E-state index in [4.69, 9.17) is 4.42 Å². The van der Waals surface area contributed by atoms with Crippen LogP contribution in [0.2, 0.25) is 0 Å². The highest BCUT2D eigenvalue weighted by atomic mass is 32.2. The molecule has 3 aromatic rings. The fourth-order valence-electron chi connectivity index (χ4n) is 4.14. The molecule has 0 bridgehead atoms. The highest BCUT2D eigenvalue weighted by Crippen LogP contribution is 2.29. The van der Waals surface area contributed by atoms with Gasteiger partial charge >= 0.3 is 0 Å². The van der Waals surface area contributed by atoms with Crippen molar-refractivity contribution in [2.75, 3.05) is 26.2 Å². The van der Waals surface area contributed by atoms with E-state index >= 15 is 0 Å². The van der Waals surface area contributed by atoms with Crippen molar-refractivity contribution >= 4 is 15.7 Å². The topological polar surface area (TPSA) is 114 Å². The first kappa shape index (κ1) is 23.1. The number of benzene rings is 1. The number of nitrogens with zero attached hydrogens (tertiary/aromatic N) is 6. The van der Waals surface area contributed by atoms with Gasteiger partial charge in [0.05, 0.1) is 17.2 Å². The average molecular weight is 473 g/mol. The molecule has 1 amide bonds. The van der Waals surface area contributed by atoms with Crippen molar-refractivity contribution in [2.45, 2.75) is 37.6 Å². The molecular weight excluding hydrogens is 444 g/mol. The van der Waals surface area contributed by atoms with E-state index in [1.165, 1.54) is 10.9 Å². The van der Waals surface area contributed by atoms with Crippen molar-refractivity contribution in [1.82, 2.24) is 30.0 Å². The van der Waals surface area contributed by atoms with E-state index < -0.39 is 9.84 Å².